The minimum atomic E-state index is 0.462. The summed E-state index contributed by atoms with van der Waals surface area (Å²) in [4.78, 5) is 0. The van der Waals surface area contributed by atoms with E-state index in [1.165, 1.54) is 43.2 Å². The van der Waals surface area contributed by atoms with Crippen LogP contribution in [0.2, 0.25) is 0 Å². The Kier molecular flexibility index (Phi) is 5.05. The lowest BCUT2D eigenvalue weighted by atomic mass is 9.92. The van der Waals surface area contributed by atoms with Gasteiger partial charge in [-0.3, -0.25) is 0 Å². The molecule has 2 aliphatic rings. The third-order valence-corrected chi connectivity index (χ3v) is 7.53. The maximum atomic E-state index is 5.67. The lowest BCUT2D eigenvalue weighted by Crippen LogP contribution is -2.25. The zero-order valence-corrected chi connectivity index (χ0v) is 15.1. The Hall–Kier alpha value is -0.350. The van der Waals surface area contributed by atoms with Crippen molar-refractivity contribution in [3.05, 3.63) is 23.3 Å². The molecule has 1 aromatic rings. The number of rotatable bonds is 4. The summed E-state index contributed by atoms with van der Waals surface area (Å²) in [5.74, 6) is 2.68. The molecule has 0 saturated heterocycles. The molecule has 2 nitrogen and oxygen atoms in total. The molecule has 21 heavy (non-hydrogen) atoms. The Balaban J connectivity index is 1.96. The van der Waals surface area contributed by atoms with Crippen molar-refractivity contribution in [2.24, 2.45) is 5.92 Å². The zero-order chi connectivity index (χ0) is 14.8. The number of hydrogen-bond donors (Lipinski definition) is 0. The van der Waals surface area contributed by atoms with Crippen molar-refractivity contribution in [2.45, 2.75) is 42.6 Å². The summed E-state index contributed by atoms with van der Waals surface area (Å²) in [5, 5.41) is 2.20. The molecule has 1 heterocycles. The first-order valence-electron chi connectivity index (χ1n) is 7.73. The molecule has 0 amide bonds. The van der Waals surface area contributed by atoms with Crippen molar-refractivity contribution in [3.8, 4) is 11.5 Å². The second-order valence-corrected chi connectivity index (χ2v) is 8.03. The maximum Gasteiger partial charge on any atom is 0.165 e. The van der Waals surface area contributed by atoms with Gasteiger partial charge in [0.1, 0.15) is 0 Å². The predicted octanol–water partition coefficient (Wildman–Crippen LogP) is 4.99. The molecule has 1 fully saturated rings. The fourth-order valence-electron chi connectivity index (χ4n) is 3.79. The smallest absolute Gasteiger partial charge is 0.165 e. The minimum absolute atomic E-state index is 0.462. The molecule has 2 unspecified atom stereocenters. The highest BCUT2D eigenvalue weighted by molar-refractivity contribution is 9.09. The highest BCUT2D eigenvalue weighted by atomic mass is 79.9. The van der Waals surface area contributed by atoms with Gasteiger partial charge in [-0.15, -0.1) is 11.8 Å². The SMILES string of the molecule is COc1ccc2c(c1OC)C(CBr)SC(C1CCCC1)C2. The first-order valence-corrected chi connectivity index (χ1v) is 9.80. The molecule has 1 aromatic carbocycles. The van der Waals surface area contributed by atoms with E-state index in [2.05, 4.69) is 39.8 Å². The van der Waals surface area contributed by atoms with E-state index in [0.717, 1.165) is 28.0 Å². The number of ether oxygens (including phenoxy) is 2. The van der Waals surface area contributed by atoms with E-state index >= 15 is 0 Å². The van der Waals surface area contributed by atoms with Gasteiger partial charge in [0.05, 0.1) is 14.2 Å². The zero-order valence-electron chi connectivity index (χ0n) is 12.7. The first kappa shape index (κ1) is 15.5. The standard InChI is InChI=1S/C17H23BrO2S/c1-19-13-8-7-12-9-14(11-5-3-4-6-11)21-15(10-18)16(12)17(13)20-2/h7-8,11,14-15H,3-6,9-10H2,1-2H3. The molecule has 0 aromatic heterocycles. The summed E-state index contributed by atoms with van der Waals surface area (Å²) in [6.07, 6.45) is 6.83. The van der Waals surface area contributed by atoms with Crippen LogP contribution in [0.4, 0.5) is 0 Å². The summed E-state index contributed by atoms with van der Waals surface area (Å²) >= 11 is 5.85. The fraction of sp³-hybridized carbons (Fsp3) is 0.647. The van der Waals surface area contributed by atoms with Crippen LogP contribution in [0.3, 0.4) is 0 Å². The normalized spacial score (nSPS) is 25.7. The summed E-state index contributed by atoms with van der Waals surface area (Å²) in [7, 11) is 3.46. The van der Waals surface area contributed by atoms with Crippen LogP contribution >= 0.6 is 27.7 Å². The molecule has 1 saturated carbocycles. The van der Waals surface area contributed by atoms with Crippen LogP contribution in [0.1, 0.15) is 42.1 Å². The van der Waals surface area contributed by atoms with Gasteiger partial charge in [0.2, 0.25) is 0 Å². The molecular formula is C17H23BrO2S. The number of methoxy groups -OCH3 is 2. The van der Waals surface area contributed by atoms with Crippen molar-refractivity contribution >= 4 is 27.7 Å². The van der Waals surface area contributed by atoms with Crippen molar-refractivity contribution in [1.82, 2.24) is 0 Å². The van der Waals surface area contributed by atoms with Gasteiger partial charge >= 0.3 is 0 Å². The highest BCUT2D eigenvalue weighted by Gasteiger charge is 2.35. The Bertz CT molecular complexity index is 500. The van der Waals surface area contributed by atoms with Crippen molar-refractivity contribution in [2.75, 3.05) is 19.5 Å². The van der Waals surface area contributed by atoms with Crippen LogP contribution in [-0.2, 0) is 6.42 Å². The van der Waals surface area contributed by atoms with Crippen LogP contribution in [0, 0.1) is 5.92 Å². The van der Waals surface area contributed by atoms with E-state index in [4.69, 9.17) is 9.47 Å². The van der Waals surface area contributed by atoms with Crippen molar-refractivity contribution in [3.63, 3.8) is 0 Å². The minimum Gasteiger partial charge on any atom is -0.493 e. The molecular weight excluding hydrogens is 348 g/mol. The Labute approximate surface area is 140 Å². The number of fused-ring (bicyclic) bond motifs is 1. The Morgan fingerprint density at radius 1 is 1.19 bits per heavy atom. The van der Waals surface area contributed by atoms with Gasteiger partial charge in [-0.05, 0) is 36.8 Å². The molecule has 0 radical (unpaired) electrons. The third kappa shape index (κ3) is 2.94. The molecule has 3 rings (SSSR count). The first-order chi connectivity index (χ1) is 10.3. The maximum absolute atomic E-state index is 5.67. The second-order valence-electron chi connectivity index (χ2n) is 5.94. The third-order valence-electron chi connectivity index (χ3n) is 4.82. The van der Waals surface area contributed by atoms with Crippen LogP contribution in [0.15, 0.2) is 12.1 Å². The van der Waals surface area contributed by atoms with Crippen LogP contribution in [-0.4, -0.2) is 24.8 Å². The lowest BCUT2D eigenvalue weighted by molar-refractivity contribution is 0.350. The van der Waals surface area contributed by atoms with E-state index in [0.29, 0.717) is 5.25 Å². The van der Waals surface area contributed by atoms with Gasteiger partial charge < -0.3 is 9.47 Å². The van der Waals surface area contributed by atoms with E-state index in [1.54, 1.807) is 14.2 Å². The Morgan fingerprint density at radius 3 is 2.57 bits per heavy atom. The van der Waals surface area contributed by atoms with Gasteiger partial charge in [-0.1, -0.05) is 34.8 Å². The van der Waals surface area contributed by atoms with Crippen LogP contribution < -0.4 is 9.47 Å². The van der Waals surface area contributed by atoms with E-state index < -0.39 is 0 Å². The van der Waals surface area contributed by atoms with Crippen LogP contribution in [0.5, 0.6) is 11.5 Å². The topological polar surface area (TPSA) is 18.5 Å². The van der Waals surface area contributed by atoms with Gasteiger partial charge in [0.25, 0.3) is 0 Å². The number of halogens is 1. The molecule has 0 bridgehead atoms. The molecule has 0 N–H and O–H groups in total. The molecule has 1 aliphatic heterocycles. The van der Waals surface area contributed by atoms with Gasteiger partial charge in [-0.25, -0.2) is 0 Å². The van der Waals surface area contributed by atoms with Gasteiger partial charge in [-0.2, -0.15) is 0 Å². The number of thioether (sulfide) groups is 1. The van der Waals surface area contributed by atoms with Crippen LogP contribution in [0.25, 0.3) is 0 Å². The molecule has 116 valence electrons. The van der Waals surface area contributed by atoms with Crippen molar-refractivity contribution in [1.29, 1.82) is 0 Å². The van der Waals surface area contributed by atoms with E-state index in [9.17, 15) is 0 Å². The molecule has 1 aliphatic carbocycles. The van der Waals surface area contributed by atoms with Gasteiger partial charge in [0.15, 0.2) is 11.5 Å². The molecule has 4 heteroatoms. The largest absolute Gasteiger partial charge is 0.493 e. The second kappa shape index (κ2) is 6.82. The quantitative estimate of drug-likeness (QED) is 0.695. The number of alkyl halides is 1. The average molecular weight is 371 g/mol. The summed E-state index contributed by atoms with van der Waals surface area (Å²) < 4.78 is 11.1. The number of hydrogen-bond acceptors (Lipinski definition) is 3. The molecule has 2 atom stereocenters. The highest BCUT2D eigenvalue weighted by Crippen LogP contribution is 2.52. The van der Waals surface area contributed by atoms with E-state index in [1.807, 2.05) is 0 Å². The molecule has 0 spiro atoms. The Morgan fingerprint density at radius 2 is 1.95 bits per heavy atom. The van der Waals surface area contributed by atoms with Crippen molar-refractivity contribution < 1.29 is 9.47 Å². The van der Waals surface area contributed by atoms with E-state index in [-0.39, 0.29) is 0 Å². The summed E-state index contributed by atoms with van der Waals surface area (Å²) in [6.45, 7) is 0. The number of benzene rings is 1. The summed E-state index contributed by atoms with van der Waals surface area (Å²) in [6, 6.07) is 4.30. The fourth-order valence-corrected chi connectivity index (χ4v) is 6.23. The lowest BCUT2D eigenvalue weighted by Gasteiger charge is -2.35. The monoisotopic (exact) mass is 370 g/mol. The summed E-state index contributed by atoms with van der Waals surface area (Å²) in [5.41, 5.74) is 2.79. The average Bonchev–Trinajstić information content (AvgIpc) is 3.06. The predicted molar refractivity (Wildman–Crippen MR) is 93.1 cm³/mol. The van der Waals surface area contributed by atoms with Gasteiger partial charge in [0, 0.05) is 21.4 Å².